The SMILES string of the molecule is CC(C)(C)c1ccc(Oc2cc3c4c(cc(Oc5ccc(C(C)(C)C)cc5)c5c6c(Oc7ccc(C(C)(C)C)cc7)cc7c8c(cc(Oc9ccc(C(C)(C)C)cc9)c(c2c45)c86)C(=O)N(C(CC2CCCCC2)C(=O)NCC2CO2)C7=O)C(=O)N(C(CC2CCCCC2)C(=O)NCC2CO2)C3=O)cc1. The second-order valence-electron chi connectivity index (χ2n) is 34.1. The van der Waals surface area contributed by atoms with Gasteiger partial charge in [0.05, 0.1) is 47.7 Å². The first kappa shape index (κ1) is 70.3. The van der Waals surface area contributed by atoms with Gasteiger partial charge in [0.1, 0.15) is 58.1 Å². The van der Waals surface area contributed by atoms with Gasteiger partial charge in [-0.15, -0.1) is 0 Å². The monoisotopic (exact) mass is 1400 g/mol. The third-order valence-electron chi connectivity index (χ3n) is 22.4. The number of epoxide rings is 2. The van der Waals surface area contributed by atoms with Gasteiger partial charge in [0.15, 0.2) is 0 Å². The van der Waals surface area contributed by atoms with E-state index in [2.05, 4.69) is 93.7 Å². The van der Waals surface area contributed by atoms with Gasteiger partial charge in [0.25, 0.3) is 23.6 Å². The molecule has 9 aromatic carbocycles. The van der Waals surface area contributed by atoms with Gasteiger partial charge in [0, 0.05) is 56.2 Å². The molecule has 0 bridgehead atoms. The highest BCUT2D eigenvalue weighted by atomic mass is 16.6. The molecule has 4 heterocycles. The number of imide groups is 2. The fourth-order valence-electron chi connectivity index (χ4n) is 16.2. The van der Waals surface area contributed by atoms with E-state index < -0.39 is 47.5 Å². The highest BCUT2D eigenvalue weighted by molar-refractivity contribution is 6.45. The predicted octanol–water partition coefficient (Wildman–Crippen LogP) is 19.0. The summed E-state index contributed by atoms with van der Waals surface area (Å²) < 4.78 is 40.8. The number of carbonyl (C=O) groups is 6. The number of carbonyl (C=O) groups excluding carboxylic acids is 6. The molecule has 4 atom stereocenters. The van der Waals surface area contributed by atoms with Gasteiger partial charge in [-0.1, -0.05) is 196 Å². The zero-order valence-electron chi connectivity index (χ0n) is 62.1. The average molecular weight is 1400 g/mol. The molecule has 0 radical (unpaired) electrons. The summed E-state index contributed by atoms with van der Waals surface area (Å²) in [7, 11) is 0. The van der Waals surface area contributed by atoms with Gasteiger partial charge in [-0.25, -0.2) is 0 Å². The zero-order valence-corrected chi connectivity index (χ0v) is 62.1. The molecule has 4 unspecified atom stereocenters. The minimum Gasteiger partial charge on any atom is -0.457 e. The first-order chi connectivity index (χ1) is 49.5. The Morgan fingerprint density at radius 1 is 0.375 bits per heavy atom. The van der Waals surface area contributed by atoms with Crippen LogP contribution < -0.4 is 29.6 Å². The average Bonchev–Trinajstić information content (AvgIpc) is 0.746. The van der Waals surface area contributed by atoms with E-state index in [9.17, 15) is 0 Å². The number of hydrogen-bond acceptors (Lipinski definition) is 12. The Bertz CT molecular complexity index is 4320. The molecule has 16 heteroatoms. The first-order valence-corrected chi connectivity index (χ1v) is 37.6. The summed E-state index contributed by atoms with van der Waals surface area (Å²) in [6, 6.07) is 35.5. The van der Waals surface area contributed by atoms with Gasteiger partial charge < -0.3 is 39.1 Å². The van der Waals surface area contributed by atoms with Gasteiger partial charge in [-0.3, -0.25) is 38.6 Å². The molecule has 4 aliphatic heterocycles. The van der Waals surface area contributed by atoms with Crippen molar-refractivity contribution in [3.8, 4) is 46.0 Å². The van der Waals surface area contributed by atoms with Gasteiger partial charge in [-0.2, -0.15) is 0 Å². The molecule has 4 fully saturated rings. The van der Waals surface area contributed by atoms with Crippen molar-refractivity contribution in [3.05, 3.63) is 166 Å². The standard InChI is InChI=1S/C88H96N4O12/c1-85(2,3)51-23-31-55(32-24-51)101-67-41-61-71-62(82(96)91(81(61)95)65(39-49-19-15-13-16-20-49)79(93)89-45-59-47-99-59)43-69(103-57-35-27-53(28-36-57)87(7,8)9)75-76-70(104-58-37-29-54(30-38-58)88(10,11)12)44-64-72-63(42-68(74(78(72)76)73(67)77(71)75)102-56-33-25-52(26-34-56)86(4,5)6)83(97)92(84(64)98)66(40-50-21-17-14-18-22-50)80(94)90-46-60-48-100-60/h23-38,41-44,49-50,59-60,65-66H,13-22,39-40,45-48H2,1-12H3,(H,89,93)(H,90,94). The molecule has 0 aromatic heterocycles. The summed E-state index contributed by atoms with van der Waals surface area (Å²) in [4.78, 5) is 98.9. The number of rotatable bonds is 20. The fraction of sp³-hybridized carbons (Fsp3) is 0.432. The van der Waals surface area contributed by atoms with Crippen molar-refractivity contribution in [1.82, 2.24) is 20.4 Å². The van der Waals surface area contributed by atoms with Crippen molar-refractivity contribution in [1.29, 1.82) is 0 Å². The van der Waals surface area contributed by atoms with E-state index in [1.54, 1.807) is 24.3 Å². The van der Waals surface area contributed by atoms with Crippen molar-refractivity contribution in [3.63, 3.8) is 0 Å². The number of amides is 6. The van der Waals surface area contributed by atoms with Crippen molar-refractivity contribution >= 4 is 78.5 Å². The lowest BCUT2D eigenvalue weighted by molar-refractivity contribution is -0.126. The number of hydrogen-bond donors (Lipinski definition) is 2. The molecule has 2 saturated heterocycles. The Morgan fingerprint density at radius 2 is 0.615 bits per heavy atom. The topological polar surface area (TPSA) is 195 Å². The molecule has 104 heavy (non-hydrogen) atoms. The van der Waals surface area contributed by atoms with Crippen molar-refractivity contribution in [2.45, 2.75) is 206 Å². The Labute approximate surface area is 609 Å². The number of fused-ring (bicyclic) bond motifs is 2. The van der Waals surface area contributed by atoms with E-state index in [4.69, 9.17) is 28.4 Å². The summed E-state index contributed by atoms with van der Waals surface area (Å²) in [5.41, 5.74) is 3.64. The van der Waals surface area contributed by atoms with E-state index in [1.165, 1.54) is 9.80 Å². The Kier molecular flexibility index (Phi) is 18.2. The molecule has 2 N–H and O–H groups in total. The van der Waals surface area contributed by atoms with E-state index in [0.717, 1.165) is 86.5 Å². The predicted molar refractivity (Wildman–Crippen MR) is 405 cm³/mol. The maximum absolute atomic E-state index is 16.6. The van der Waals surface area contributed by atoms with Crippen LogP contribution in [0.5, 0.6) is 46.0 Å². The van der Waals surface area contributed by atoms with Crippen LogP contribution in [0.2, 0.25) is 0 Å². The minimum atomic E-state index is -1.21. The maximum atomic E-state index is 16.6. The number of ether oxygens (including phenoxy) is 6. The quantitative estimate of drug-likeness (QED) is 0.0318. The van der Waals surface area contributed by atoms with Crippen LogP contribution in [0, 0.1) is 11.8 Å². The van der Waals surface area contributed by atoms with Crippen LogP contribution in [-0.4, -0.2) is 95.8 Å². The second-order valence-corrected chi connectivity index (χ2v) is 34.1. The van der Waals surface area contributed by atoms with Gasteiger partial charge >= 0.3 is 0 Å². The summed E-state index contributed by atoms with van der Waals surface area (Å²) >= 11 is 0. The van der Waals surface area contributed by atoms with Crippen LogP contribution in [-0.2, 0) is 40.7 Å². The molecule has 6 aliphatic rings. The lowest BCUT2D eigenvalue weighted by Gasteiger charge is -2.37. The molecule has 2 aliphatic carbocycles. The maximum Gasteiger partial charge on any atom is 0.262 e. The molecule has 0 spiro atoms. The van der Waals surface area contributed by atoms with Crippen LogP contribution in [0.15, 0.2) is 121 Å². The summed E-state index contributed by atoms with van der Waals surface area (Å²) in [6.07, 6.45) is 9.51. The second kappa shape index (κ2) is 27.0. The lowest BCUT2D eigenvalue weighted by Crippen LogP contribution is -2.55. The smallest absolute Gasteiger partial charge is 0.262 e. The van der Waals surface area contributed by atoms with Crippen LogP contribution in [0.4, 0.5) is 0 Å². The minimum absolute atomic E-state index is 0.0527. The summed E-state index contributed by atoms with van der Waals surface area (Å²) in [5.74, 6) is -1.25. The molecule has 540 valence electrons. The van der Waals surface area contributed by atoms with E-state index in [-0.39, 0.29) is 128 Å². The normalized spacial score (nSPS) is 18.7. The van der Waals surface area contributed by atoms with E-state index in [1.807, 2.05) is 97.1 Å². The molecular weight excluding hydrogens is 1300 g/mol. The Balaban J connectivity index is 1.08. The van der Waals surface area contributed by atoms with Gasteiger partial charge in [-0.05, 0) is 141 Å². The van der Waals surface area contributed by atoms with Crippen LogP contribution in [0.1, 0.15) is 224 Å². The van der Waals surface area contributed by atoms with Crippen molar-refractivity contribution in [2.24, 2.45) is 11.8 Å². The molecule has 2 saturated carbocycles. The fourth-order valence-corrected chi connectivity index (χ4v) is 16.2. The van der Waals surface area contributed by atoms with Crippen molar-refractivity contribution < 1.29 is 57.2 Å². The summed E-state index contributed by atoms with van der Waals surface area (Å²) in [5, 5.41) is 8.85. The third-order valence-corrected chi connectivity index (χ3v) is 22.4. The molecule has 16 nitrogen and oxygen atoms in total. The molecule has 15 rings (SSSR count). The lowest BCUT2D eigenvalue weighted by atomic mass is 9.79. The molecule has 9 aromatic rings. The van der Waals surface area contributed by atoms with Crippen LogP contribution in [0.25, 0.3) is 43.1 Å². The van der Waals surface area contributed by atoms with Crippen LogP contribution in [0.3, 0.4) is 0 Å². The van der Waals surface area contributed by atoms with Crippen LogP contribution >= 0.6 is 0 Å². The van der Waals surface area contributed by atoms with E-state index >= 15 is 28.8 Å². The Morgan fingerprint density at radius 3 is 0.837 bits per heavy atom. The first-order valence-electron chi connectivity index (χ1n) is 37.6. The number of nitrogens with zero attached hydrogens (tertiary/aromatic N) is 2. The van der Waals surface area contributed by atoms with E-state index in [0.29, 0.717) is 68.5 Å². The largest absolute Gasteiger partial charge is 0.457 e. The van der Waals surface area contributed by atoms with Crippen molar-refractivity contribution in [2.75, 3.05) is 26.3 Å². The third kappa shape index (κ3) is 13.7. The molecule has 6 amide bonds. The summed E-state index contributed by atoms with van der Waals surface area (Å²) in [6.45, 7) is 27.1. The zero-order chi connectivity index (χ0) is 73.1. The molecular formula is C88H96N4O12. The van der Waals surface area contributed by atoms with Gasteiger partial charge in [0.2, 0.25) is 11.8 Å². The Hall–Kier alpha value is -9.38. The highest BCUT2D eigenvalue weighted by Crippen LogP contribution is 2.59. The highest BCUT2D eigenvalue weighted by Gasteiger charge is 2.48. The number of nitrogens with one attached hydrogen (secondary N) is 2. The number of benzene rings is 9.